The van der Waals surface area contributed by atoms with Gasteiger partial charge in [-0.1, -0.05) is 54.6 Å². The molecule has 0 radical (unpaired) electrons. The van der Waals surface area contributed by atoms with Crippen molar-refractivity contribution in [2.24, 2.45) is 10.9 Å². The summed E-state index contributed by atoms with van der Waals surface area (Å²) in [6, 6.07) is 18.7. The van der Waals surface area contributed by atoms with Crippen LogP contribution in [0.2, 0.25) is 0 Å². The average molecular weight is 465 g/mol. The summed E-state index contributed by atoms with van der Waals surface area (Å²) in [6.07, 6.45) is 2.68. The number of hydrogen-bond donors (Lipinski definition) is 2. The predicted octanol–water partition coefficient (Wildman–Crippen LogP) is 4.10. The van der Waals surface area contributed by atoms with E-state index < -0.39 is 0 Å². The van der Waals surface area contributed by atoms with Gasteiger partial charge >= 0.3 is 0 Å². The third-order valence-electron chi connectivity index (χ3n) is 4.41. The Morgan fingerprint density at radius 1 is 0.962 bits per heavy atom. The lowest BCUT2D eigenvalue weighted by Gasteiger charge is -2.14. The van der Waals surface area contributed by atoms with Crippen molar-refractivity contribution >= 4 is 29.9 Å². The van der Waals surface area contributed by atoms with Crippen molar-refractivity contribution in [3.8, 4) is 0 Å². The molecule has 3 rings (SSSR count). The maximum absolute atomic E-state index is 5.89. The first-order valence-corrected chi connectivity index (χ1v) is 8.98. The van der Waals surface area contributed by atoms with Crippen LogP contribution in [0, 0.1) is 5.92 Å². The van der Waals surface area contributed by atoms with Crippen molar-refractivity contribution in [3.63, 3.8) is 0 Å². The SMILES string of the molecule is CN=C(NCc1ccccc1COCc1ccccc1)NCC1CC1.I. The monoisotopic (exact) mass is 465 g/mol. The van der Waals surface area contributed by atoms with Gasteiger partial charge in [0.15, 0.2) is 5.96 Å². The number of rotatable bonds is 8. The first-order chi connectivity index (χ1) is 12.3. The molecule has 1 aliphatic carbocycles. The smallest absolute Gasteiger partial charge is 0.191 e. The number of guanidine groups is 1. The van der Waals surface area contributed by atoms with E-state index >= 15 is 0 Å². The zero-order chi connectivity index (χ0) is 17.3. The second kappa shape index (κ2) is 11.2. The highest BCUT2D eigenvalue weighted by Crippen LogP contribution is 2.27. The topological polar surface area (TPSA) is 45.7 Å². The molecule has 140 valence electrons. The van der Waals surface area contributed by atoms with E-state index in [-0.39, 0.29) is 24.0 Å². The van der Waals surface area contributed by atoms with E-state index in [1.54, 1.807) is 0 Å². The van der Waals surface area contributed by atoms with Crippen LogP contribution < -0.4 is 10.6 Å². The Balaban J connectivity index is 0.00000243. The molecule has 26 heavy (non-hydrogen) atoms. The summed E-state index contributed by atoms with van der Waals surface area (Å²) in [7, 11) is 1.82. The number of aliphatic imine (C=N–C) groups is 1. The second-order valence-corrected chi connectivity index (χ2v) is 6.50. The predicted molar refractivity (Wildman–Crippen MR) is 118 cm³/mol. The highest BCUT2D eigenvalue weighted by atomic mass is 127. The number of halogens is 1. The van der Waals surface area contributed by atoms with Crippen molar-refractivity contribution < 1.29 is 4.74 Å². The van der Waals surface area contributed by atoms with Gasteiger partial charge in [-0.05, 0) is 35.4 Å². The van der Waals surface area contributed by atoms with E-state index in [2.05, 4.69) is 52.0 Å². The van der Waals surface area contributed by atoms with Gasteiger partial charge in [-0.3, -0.25) is 4.99 Å². The summed E-state index contributed by atoms with van der Waals surface area (Å²) < 4.78 is 5.89. The van der Waals surface area contributed by atoms with Crippen molar-refractivity contribution in [1.29, 1.82) is 0 Å². The van der Waals surface area contributed by atoms with Gasteiger partial charge < -0.3 is 15.4 Å². The Hall–Kier alpha value is -1.60. The van der Waals surface area contributed by atoms with E-state index in [0.29, 0.717) is 13.2 Å². The first-order valence-electron chi connectivity index (χ1n) is 8.98. The molecule has 0 aromatic heterocycles. The summed E-state index contributed by atoms with van der Waals surface area (Å²) >= 11 is 0. The van der Waals surface area contributed by atoms with Gasteiger partial charge in [-0.25, -0.2) is 0 Å². The quantitative estimate of drug-likeness (QED) is 0.351. The van der Waals surface area contributed by atoms with E-state index in [1.807, 2.05) is 25.2 Å². The highest BCUT2D eigenvalue weighted by molar-refractivity contribution is 14.0. The summed E-state index contributed by atoms with van der Waals surface area (Å²) in [4.78, 5) is 4.30. The van der Waals surface area contributed by atoms with Crippen LogP contribution in [0.3, 0.4) is 0 Å². The summed E-state index contributed by atoms with van der Waals surface area (Å²) in [6.45, 7) is 3.00. The van der Waals surface area contributed by atoms with Gasteiger partial charge in [-0.15, -0.1) is 24.0 Å². The lowest BCUT2D eigenvalue weighted by molar-refractivity contribution is 0.106. The van der Waals surface area contributed by atoms with Crippen LogP contribution in [0.1, 0.15) is 29.5 Å². The molecule has 4 nitrogen and oxygen atoms in total. The normalized spacial score (nSPS) is 13.8. The minimum absolute atomic E-state index is 0. The number of nitrogens with one attached hydrogen (secondary N) is 2. The van der Waals surface area contributed by atoms with Crippen LogP contribution in [-0.2, 0) is 24.5 Å². The van der Waals surface area contributed by atoms with Crippen LogP contribution >= 0.6 is 24.0 Å². The molecule has 1 saturated carbocycles. The van der Waals surface area contributed by atoms with Crippen LogP contribution in [0.15, 0.2) is 59.6 Å². The van der Waals surface area contributed by atoms with Crippen LogP contribution in [0.4, 0.5) is 0 Å². The molecular formula is C21H28IN3O. The maximum Gasteiger partial charge on any atom is 0.191 e. The lowest BCUT2D eigenvalue weighted by Crippen LogP contribution is -2.38. The number of nitrogens with zero attached hydrogens (tertiary/aromatic N) is 1. The zero-order valence-electron chi connectivity index (χ0n) is 15.3. The maximum atomic E-state index is 5.89. The fraction of sp³-hybridized carbons (Fsp3) is 0.381. The molecule has 2 N–H and O–H groups in total. The first kappa shape index (κ1) is 20.7. The summed E-state index contributed by atoms with van der Waals surface area (Å²) in [5, 5.41) is 6.79. The molecule has 5 heteroatoms. The van der Waals surface area contributed by atoms with E-state index in [9.17, 15) is 0 Å². The Bertz CT molecular complexity index is 687. The van der Waals surface area contributed by atoms with E-state index in [1.165, 1.54) is 29.5 Å². The minimum Gasteiger partial charge on any atom is -0.372 e. The second-order valence-electron chi connectivity index (χ2n) is 6.50. The van der Waals surface area contributed by atoms with E-state index in [4.69, 9.17) is 4.74 Å². The highest BCUT2D eigenvalue weighted by Gasteiger charge is 2.21. The molecule has 0 bridgehead atoms. The third-order valence-corrected chi connectivity index (χ3v) is 4.41. The fourth-order valence-electron chi connectivity index (χ4n) is 2.69. The Morgan fingerprint density at radius 2 is 1.65 bits per heavy atom. The molecule has 0 saturated heterocycles. The van der Waals surface area contributed by atoms with Crippen LogP contribution in [0.5, 0.6) is 0 Å². The van der Waals surface area contributed by atoms with Crippen molar-refractivity contribution in [1.82, 2.24) is 10.6 Å². The molecule has 1 aliphatic rings. The molecule has 0 atom stereocenters. The van der Waals surface area contributed by atoms with Crippen LogP contribution in [0.25, 0.3) is 0 Å². The molecule has 1 fully saturated rings. The third kappa shape index (κ3) is 6.96. The Kier molecular flexibility index (Phi) is 8.91. The molecule has 0 spiro atoms. The van der Waals surface area contributed by atoms with Crippen LogP contribution in [-0.4, -0.2) is 19.6 Å². The Labute approximate surface area is 173 Å². The minimum atomic E-state index is 0. The summed E-state index contributed by atoms with van der Waals surface area (Å²) in [5.74, 6) is 1.70. The van der Waals surface area contributed by atoms with Gasteiger partial charge in [-0.2, -0.15) is 0 Å². The van der Waals surface area contributed by atoms with Crippen molar-refractivity contribution in [2.75, 3.05) is 13.6 Å². The van der Waals surface area contributed by atoms with E-state index in [0.717, 1.165) is 25.0 Å². The van der Waals surface area contributed by atoms with Crippen molar-refractivity contribution in [2.45, 2.75) is 32.6 Å². The van der Waals surface area contributed by atoms with Gasteiger partial charge in [0.05, 0.1) is 13.2 Å². The van der Waals surface area contributed by atoms with Gasteiger partial charge in [0.2, 0.25) is 0 Å². The van der Waals surface area contributed by atoms with Gasteiger partial charge in [0.25, 0.3) is 0 Å². The molecular weight excluding hydrogens is 437 g/mol. The molecule has 2 aromatic carbocycles. The lowest BCUT2D eigenvalue weighted by atomic mass is 10.1. The summed E-state index contributed by atoms with van der Waals surface area (Å²) in [5.41, 5.74) is 3.65. The zero-order valence-corrected chi connectivity index (χ0v) is 17.6. The van der Waals surface area contributed by atoms with Gasteiger partial charge in [0.1, 0.15) is 0 Å². The molecule has 0 aliphatic heterocycles. The molecule has 0 heterocycles. The number of hydrogen-bond acceptors (Lipinski definition) is 2. The number of ether oxygens (including phenoxy) is 1. The fourth-order valence-corrected chi connectivity index (χ4v) is 2.69. The van der Waals surface area contributed by atoms with Crippen molar-refractivity contribution in [3.05, 3.63) is 71.3 Å². The largest absolute Gasteiger partial charge is 0.372 e. The molecule has 0 unspecified atom stereocenters. The molecule has 0 amide bonds. The average Bonchev–Trinajstić information content (AvgIpc) is 3.48. The molecule has 2 aromatic rings. The van der Waals surface area contributed by atoms with Gasteiger partial charge in [0, 0.05) is 20.1 Å². The standard InChI is InChI=1S/C21H27N3O.HI/c1-22-21(23-13-17-11-12-17)24-14-19-9-5-6-10-20(19)16-25-15-18-7-3-2-4-8-18;/h2-10,17H,11-16H2,1H3,(H2,22,23,24);1H. The number of benzene rings is 2. The Morgan fingerprint density at radius 3 is 2.35 bits per heavy atom.